The molecular weight excluding hydrogens is 214 g/mol. The third-order valence-corrected chi connectivity index (χ3v) is 3.00. The lowest BCUT2D eigenvalue weighted by atomic mass is 10.1. The van der Waals surface area contributed by atoms with Crippen LogP contribution in [0, 0.1) is 5.92 Å². The van der Waals surface area contributed by atoms with E-state index in [0.717, 1.165) is 18.0 Å². The van der Waals surface area contributed by atoms with Gasteiger partial charge in [0.25, 0.3) is 0 Å². The van der Waals surface area contributed by atoms with Crippen LogP contribution in [-0.2, 0) is 4.79 Å². The van der Waals surface area contributed by atoms with E-state index in [1.165, 1.54) is 12.8 Å². The fourth-order valence-electron chi connectivity index (χ4n) is 1.74. The molecule has 1 aliphatic rings. The summed E-state index contributed by atoms with van der Waals surface area (Å²) in [6, 6.07) is 3.87. The van der Waals surface area contributed by atoms with E-state index in [1.54, 1.807) is 12.4 Å². The lowest BCUT2D eigenvalue weighted by Crippen LogP contribution is -2.36. The number of hydrogen-bond donors (Lipinski definition) is 2. The van der Waals surface area contributed by atoms with Gasteiger partial charge in [-0.2, -0.15) is 0 Å². The highest BCUT2D eigenvalue weighted by atomic mass is 16.1. The van der Waals surface area contributed by atoms with Crippen LogP contribution in [0.2, 0.25) is 0 Å². The summed E-state index contributed by atoms with van der Waals surface area (Å²) in [6.07, 6.45) is 6.09. The number of hydrogen-bond acceptors (Lipinski definition) is 3. The lowest BCUT2D eigenvalue weighted by molar-refractivity contribution is -0.120. The fourth-order valence-corrected chi connectivity index (χ4v) is 1.74. The highest BCUT2D eigenvalue weighted by molar-refractivity contribution is 5.78. The van der Waals surface area contributed by atoms with Crippen LogP contribution in [0.1, 0.15) is 31.4 Å². The predicted molar refractivity (Wildman–Crippen MR) is 66.4 cm³/mol. The van der Waals surface area contributed by atoms with E-state index < -0.39 is 0 Å². The second-order valence-corrected chi connectivity index (χ2v) is 4.64. The molecule has 0 spiro atoms. The molecule has 0 aliphatic heterocycles. The first-order valence-corrected chi connectivity index (χ1v) is 6.15. The first kappa shape index (κ1) is 12.0. The van der Waals surface area contributed by atoms with Gasteiger partial charge >= 0.3 is 0 Å². The molecule has 1 atom stereocenters. The van der Waals surface area contributed by atoms with Crippen LogP contribution in [-0.4, -0.2) is 24.0 Å². The Morgan fingerprint density at radius 2 is 2.18 bits per heavy atom. The van der Waals surface area contributed by atoms with Crippen molar-refractivity contribution in [1.82, 2.24) is 15.6 Å². The zero-order valence-electron chi connectivity index (χ0n) is 10.1. The average molecular weight is 233 g/mol. The Kier molecular flexibility index (Phi) is 4.09. The van der Waals surface area contributed by atoms with Crippen molar-refractivity contribution < 1.29 is 4.79 Å². The summed E-state index contributed by atoms with van der Waals surface area (Å²) < 4.78 is 0. The van der Waals surface area contributed by atoms with E-state index in [2.05, 4.69) is 15.6 Å². The monoisotopic (exact) mass is 233 g/mol. The predicted octanol–water partition coefficient (Wildman–Crippen LogP) is 1.26. The van der Waals surface area contributed by atoms with Crippen molar-refractivity contribution in [2.45, 2.75) is 25.8 Å². The molecule has 1 amide bonds. The second-order valence-electron chi connectivity index (χ2n) is 4.64. The van der Waals surface area contributed by atoms with Crippen molar-refractivity contribution in [3.8, 4) is 0 Å². The number of nitrogens with one attached hydrogen (secondary N) is 2. The molecule has 1 aromatic rings. The lowest BCUT2D eigenvalue weighted by Gasteiger charge is -2.14. The van der Waals surface area contributed by atoms with Crippen LogP contribution in [0.3, 0.4) is 0 Å². The molecule has 0 unspecified atom stereocenters. The van der Waals surface area contributed by atoms with Gasteiger partial charge in [0.1, 0.15) is 0 Å². The van der Waals surface area contributed by atoms with Gasteiger partial charge in [0.2, 0.25) is 5.91 Å². The minimum Gasteiger partial charge on any atom is -0.348 e. The van der Waals surface area contributed by atoms with Crippen LogP contribution >= 0.6 is 0 Å². The summed E-state index contributed by atoms with van der Waals surface area (Å²) >= 11 is 0. The zero-order valence-corrected chi connectivity index (χ0v) is 10.1. The van der Waals surface area contributed by atoms with Crippen LogP contribution in [0.15, 0.2) is 24.5 Å². The third kappa shape index (κ3) is 4.15. The molecule has 1 heterocycles. The molecule has 0 saturated heterocycles. The normalized spacial score (nSPS) is 16.5. The quantitative estimate of drug-likeness (QED) is 0.777. The maximum atomic E-state index is 11.6. The van der Waals surface area contributed by atoms with E-state index in [-0.39, 0.29) is 11.9 Å². The fraction of sp³-hybridized carbons (Fsp3) is 0.538. The van der Waals surface area contributed by atoms with Crippen molar-refractivity contribution in [3.05, 3.63) is 30.1 Å². The Morgan fingerprint density at radius 1 is 1.47 bits per heavy atom. The minimum absolute atomic E-state index is 0.0354. The van der Waals surface area contributed by atoms with E-state index >= 15 is 0 Å². The molecule has 1 fully saturated rings. The van der Waals surface area contributed by atoms with E-state index in [9.17, 15) is 4.79 Å². The Balaban J connectivity index is 1.69. The number of carbonyl (C=O) groups excluding carboxylic acids is 1. The minimum atomic E-state index is 0.0354. The molecular formula is C13H19N3O. The summed E-state index contributed by atoms with van der Waals surface area (Å²) in [7, 11) is 0. The average Bonchev–Trinajstić information content (AvgIpc) is 3.14. The maximum Gasteiger partial charge on any atom is 0.234 e. The standard InChI is InChI=1S/C13H19N3O/c1-10(12-4-6-14-7-5-12)16-13(17)9-15-8-11-2-3-11/h4-7,10-11,15H,2-3,8-9H2,1H3,(H,16,17)/t10-/m1/s1. The summed E-state index contributed by atoms with van der Waals surface area (Å²) in [5.74, 6) is 0.857. The Hall–Kier alpha value is -1.42. The van der Waals surface area contributed by atoms with Crippen molar-refractivity contribution in [2.75, 3.05) is 13.1 Å². The van der Waals surface area contributed by atoms with Gasteiger partial charge in [-0.05, 0) is 49.9 Å². The number of aromatic nitrogens is 1. The molecule has 0 bridgehead atoms. The second kappa shape index (κ2) is 5.77. The third-order valence-electron chi connectivity index (χ3n) is 3.00. The molecule has 0 radical (unpaired) electrons. The highest BCUT2D eigenvalue weighted by Crippen LogP contribution is 2.27. The molecule has 17 heavy (non-hydrogen) atoms. The first-order chi connectivity index (χ1) is 8.25. The molecule has 0 aromatic carbocycles. The van der Waals surface area contributed by atoms with Gasteiger partial charge in [-0.1, -0.05) is 0 Å². The van der Waals surface area contributed by atoms with Crippen molar-refractivity contribution in [3.63, 3.8) is 0 Å². The first-order valence-electron chi connectivity index (χ1n) is 6.15. The summed E-state index contributed by atoms with van der Waals surface area (Å²) in [5.41, 5.74) is 1.08. The van der Waals surface area contributed by atoms with Crippen LogP contribution < -0.4 is 10.6 Å². The van der Waals surface area contributed by atoms with E-state index in [1.807, 2.05) is 19.1 Å². The number of carbonyl (C=O) groups is 1. The van der Waals surface area contributed by atoms with E-state index in [0.29, 0.717) is 6.54 Å². The van der Waals surface area contributed by atoms with Gasteiger partial charge in [-0.25, -0.2) is 0 Å². The largest absolute Gasteiger partial charge is 0.348 e. The Bertz CT molecular complexity index is 362. The number of rotatable bonds is 6. The SMILES string of the molecule is C[C@@H](NC(=O)CNCC1CC1)c1ccncc1. The van der Waals surface area contributed by atoms with Gasteiger partial charge < -0.3 is 10.6 Å². The smallest absolute Gasteiger partial charge is 0.234 e. The number of nitrogens with zero attached hydrogens (tertiary/aromatic N) is 1. The number of amides is 1. The topological polar surface area (TPSA) is 54.0 Å². The van der Waals surface area contributed by atoms with Gasteiger partial charge in [0.05, 0.1) is 12.6 Å². The molecule has 4 heteroatoms. The Labute approximate surface area is 102 Å². The van der Waals surface area contributed by atoms with Gasteiger partial charge in [-0.15, -0.1) is 0 Å². The molecule has 4 nitrogen and oxygen atoms in total. The Morgan fingerprint density at radius 3 is 2.82 bits per heavy atom. The molecule has 2 rings (SSSR count). The molecule has 92 valence electrons. The summed E-state index contributed by atoms with van der Waals surface area (Å²) in [6.45, 7) is 3.36. The van der Waals surface area contributed by atoms with Crippen molar-refractivity contribution in [1.29, 1.82) is 0 Å². The number of pyridine rings is 1. The molecule has 1 aliphatic carbocycles. The van der Waals surface area contributed by atoms with Crippen molar-refractivity contribution >= 4 is 5.91 Å². The van der Waals surface area contributed by atoms with E-state index in [4.69, 9.17) is 0 Å². The van der Waals surface area contributed by atoms with Gasteiger partial charge in [0.15, 0.2) is 0 Å². The zero-order chi connectivity index (χ0) is 12.1. The van der Waals surface area contributed by atoms with Gasteiger partial charge in [-0.3, -0.25) is 9.78 Å². The summed E-state index contributed by atoms with van der Waals surface area (Å²) in [5, 5.41) is 6.14. The summed E-state index contributed by atoms with van der Waals surface area (Å²) in [4.78, 5) is 15.6. The van der Waals surface area contributed by atoms with Gasteiger partial charge in [0, 0.05) is 12.4 Å². The maximum absolute atomic E-state index is 11.6. The highest BCUT2D eigenvalue weighted by Gasteiger charge is 2.20. The molecule has 1 saturated carbocycles. The van der Waals surface area contributed by atoms with Crippen LogP contribution in [0.5, 0.6) is 0 Å². The molecule has 1 aromatic heterocycles. The van der Waals surface area contributed by atoms with Crippen LogP contribution in [0.25, 0.3) is 0 Å². The van der Waals surface area contributed by atoms with Crippen LogP contribution in [0.4, 0.5) is 0 Å². The molecule has 2 N–H and O–H groups in total. The van der Waals surface area contributed by atoms with Crippen molar-refractivity contribution in [2.24, 2.45) is 5.92 Å².